The second-order valence-electron chi connectivity index (χ2n) is 5.88. The van der Waals surface area contributed by atoms with Crippen LogP contribution in [0.5, 0.6) is 0 Å². The van der Waals surface area contributed by atoms with Crippen molar-refractivity contribution in [3.63, 3.8) is 0 Å². The number of carbonyl (C=O) groups is 1. The Morgan fingerprint density at radius 1 is 1.32 bits per heavy atom. The Bertz CT molecular complexity index is 734. The average molecular weight is 341 g/mol. The van der Waals surface area contributed by atoms with E-state index < -0.39 is 0 Å². The Morgan fingerprint density at radius 2 is 2.12 bits per heavy atom. The average Bonchev–Trinajstić information content (AvgIpc) is 3.13. The number of nitrogens with one attached hydrogen (secondary N) is 1. The molecule has 0 saturated carbocycles. The van der Waals surface area contributed by atoms with E-state index in [2.05, 4.69) is 20.2 Å². The summed E-state index contributed by atoms with van der Waals surface area (Å²) in [5.74, 6) is 2.24. The van der Waals surface area contributed by atoms with Crippen LogP contribution in [0.15, 0.2) is 35.0 Å². The highest BCUT2D eigenvalue weighted by atomic mass is 16.3. The van der Waals surface area contributed by atoms with Crippen molar-refractivity contribution >= 4 is 23.7 Å². The molecule has 7 nitrogen and oxygen atoms in total. The van der Waals surface area contributed by atoms with Gasteiger partial charge in [-0.25, -0.2) is 4.98 Å². The summed E-state index contributed by atoms with van der Waals surface area (Å²) in [5.41, 5.74) is 0.931. The van der Waals surface area contributed by atoms with Crippen molar-refractivity contribution in [2.75, 3.05) is 42.9 Å². The molecule has 3 heterocycles. The zero-order valence-electron chi connectivity index (χ0n) is 14.6. The molecule has 1 fully saturated rings. The van der Waals surface area contributed by atoms with Crippen molar-refractivity contribution in [3.05, 3.63) is 42.0 Å². The first-order valence-corrected chi connectivity index (χ1v) is 8.50. The largest absolute Gasteiger partial charge is 0.465 e. The molecule has 25 heavy (non-hydrogen) atoms. The van der Waals surface area contributed by atoms with Gasteiger partial charge in [-0.1, -0.05) is 0 Å². The quantitative estimate of drug-likeness (QED) is 0.840. The topological polar surface area (TPSA) is 74.5 Å². The van der Waals surface area contributed by atoms with Crippen LogP contribution < -0.4 is 10.2 Å². The maximum Gasteiger partial charge on any atom is 0.246 e. The van der Waals surface area contributed by atoms with E-state index in [1.807, 2.05) is 30.9 Å². The monoisotopic (exact) mass is 341 g/mol. The Hall–Kier alpha value is -2.83. The van der Waals surface area contributed by atoms with Crippen molar-refractivity contribution in [2.24, 2.45) is 0 Å². The summed E-state index contributed by atoms with van der Waals surface area (Å²) in [5, 5.41) is 3.15. The van der Waals surface area contributed by atoms with Gasteiger partial charge in [-0.15, -0.1) is 0 Å². The second-order valence-corrected chi connectivity index (χ2v) is 5.88. The summed E-state index contributed by atoms with van der Waals surface area (Å²) >= 11 is 0. The van der Waals surface area contributed by atoms with Crippen LogP contribution >= 0.6 is 0 Å². The number of aromatic nitrogens is 2. The number of anilines is 2. The molecular formula is C18H23N5O2. The van der Waals surface area contributed by atoms with E-state index in [-0.39, 0.29) is 5.91 Å². The molecule has 1 aliphatic heterocycles. The Balaban J connectivity index is 1.59. The molecule has 7 heteroatoms. The molecule has 0 aromatic carbocycles. The standard InChI is InChI=1S/C18H23N5O2/c1-3-19-18-20-14(2)13-16(21-18)22-8-10-23(11-9-22)17(24)7-6-15-5-4-12-25-15/h4-7,12-13H,3,8-11H2,1-2H3,(H,19,20,21)/b7-6+. The molecule has 1 N–H and O–H groups in total. The lowest BCUT2D eigenvalue weighted by Gasteiger charge is -2.35. The maximum absolute atomic E-state index is 12.3. The number of nitrogens with zero attached hydrogens (tertiary/aromatic N) is 4. The zero-order chi connectivity index (χ0) is 17.6. The normalized spacial score (nSPS) is 15.0. The predicted octanol–water partition coefficient (Wildman–Crippen LogP) is 2.17. The number of piperazine rings is 1. The van der Waals surface area contributed by atoms with Gasteiger partial charge in [-0.2, -0.15) is 4.98 Å². The van der Waals surface area contributed by atoms with Crippen LogP contribution in [0.3, 0.4) is 0 Å². The van der Waals surface area contributed by atoms with Crippen molar-refractivity contribution in [3.8, 4) is 0 Å². The molecule has 0 spiro atoms. The number of carbonyl (C=O) groups excluding carboxylic acids is 1. The molecule has 1 amide bonds. The lowest BCUT2D eigenvalue weighted by Crippen LogP contribution is -2.48. The second kappa shape index (κ2) is 7.83. The number of amides is 1. The van der Waals surface area contributed by atoms with E-state index in [0.29, 0.717) is 24.8 Å². The van der Waals surface area contributed by atoms with Gasteiger partial charge in [0.1, 0.15) is 11.6 Å². The molecule has 3 rings (SSSR count). The van der Waals surface area contributed by atoms with Gasteiger partial charge in [0.05, 0.1) is 6.26 Å². The predicted molar refractivity (Wildman–Crippen MR) is 97.5 cm³/mol. The van der Waals surface area contributed by atoms with Crippen LogP contribution in [0.4, 0.5) is 11.8 Å². The summed E-state index contributed by atoms with van der Waals surface area (Å²) in [6, 6.07) is 5.60. The fraction of sp³-hybridized carbons (Fsp3) is 0.389. The van der Waals surface area contributed by atoms with Crippen LogP contribution in [0.2, 0.25) is 0 Å². The molecule has 0 atom stereocenters. The van der Waals surface area contributed by atoms with E-state index in [1.165, 1.54) is 0 Å². The molecule has 132 valence electrons. The summed E-state index contributed by atoms with van der Waals surface area (Å²) in [7, 11) is 0. The van der Waals surface area contributed by atoms with Crippen molar-refractivity contribution in [1.82, 2.24) is 14.9 Å². The van der Waals surface area contributed by atoms with Crippen molar-refractivity contribution in [2.45, 2.75) is 13.8 Å². The Labute approximate surface area is 147 Å². The van der Waals surface area contributed by atoms with Gasteiger partial charge < -0.3 is 19.5 Å². The van der Waals surface area contributed by atoms with E-state index >= 15 is 0 Å². The van der Waals surface area contributed by atoms with Gasteiger partial charge in [0, 0.05) is 50.6 Å². The highest BCUT2D eigenvalue weighted by Gasteiger charge is 2.21. The van der Waals surface area contributed by atoms with Crippen molar-refractivity contribution < 1.29 is 9.21 Å². The summed E-state index contributed by atoms with van der Waals surface area (Å²) < 4.78 is 5.20. The van der Waals surface area contributed by atoms with Crippen LogP contribution in [-0.2, 0) is 4.79 Å². The van der Waals surface area contributed by atoms with Gasteiger partial charge in [-0.3, -0.25) is 4.79 Å². The first kappa shape index (κ1) is 17.0. The number of rotatable bonds is 5. The number of aryl methyl sites for hydroxylation is 1. The third-order valence-electron chi connectivity index (χ3n) is 4.02. The number of hydrogen-bond donors (Lipinski definition) is 1. The fourth-order valence-corrected chi connectivity index (χ4v) is 2.75. The summed E-state index contributed by atoms with van der Waals surface area (Å²) in [4.78, 5) is 25.2. The molecule has 0 bridgehead atoms. The third kappa shape index (κ3) is 4.37. The number of furan rings is 1. The lowest BCUT2D eigenvalue weighted by molar-refractivity contribution is -0.126. The maximum atomic E-state index is 12.3. The molecule has 2 aromatic heterocycles. The first-order valence-electron chi connectivity index (χ1n) is 8.50. The highest BCUT2D eigenvalue weighted by Crippen LogP contribution is 2.17. The highest BCUT2D eigenvalue weighted by molar-refractivity contribution is 5.91. The SMILES string of the molecule is CCNc1nc(C)cc(N2CCN(C(=O)/C=C/c3ccco3)CC2)n1. The Morgan fingerprint density at radius 3 is 2.80 bits per heavy atom. The first-order chi connectivity index (χ1) is 12.2. The van der Waals surface area contributed by atoms with Crippen LogP contribution in [0.25, 0.3) is 6.08 Å². The van der Waals surface area contributed by atoms with Crippen LogP contribution in [0.1, 0.15) is 18.4 Å². The van der Waals surface area contributed by atoms with Crippen LogP contribution in [-0.4, -0.2) is 53.5 Å². The molecule has 2 aromatic rings. The third-order valence-corrected chi connectivity index (χ3v) is 4.02. The molecule has 0 radical (unpaired) electrons. The van der Waals surface area contributed by atoms with Gasteiger partial charge in [0.25, 0.3) is 0 Å². The minimum absolute atomic E-state index is 0.00302. The van der Waals surface area contributed by atoms with E-state index in [0.717, 1.165) is 31.1 Å². The fourth-order valence-electron chi connectivity index (χ4n) is 2.75. The van der Waals surface area contributed by atoms with Gasteiger partial charge in [0.2, 0.25) is 11.9 Å². The minimum atomic E-state index is 0.00302. The minimum Gasteiger partial charge on any atom is -0.465 e. The van der Waals surface area contributed by atoms with Gasteiger partial charge in [0.15, 0.2) is 0 Å². The van der Waals surface area contributed by atoms with Crippen LogP contribution in [0, 0.1) is 6.92 Å². The number of hydrogen-bond acceptors (Lipinski definition) is 6. The van der Waals surface area contributed by atoms with Gasteiger partial charge >= 0.3 is 0 Å². The summed E-state index contributed by atoms with van der Waals surface area (Å²) in [6.45, 7) is 7.61. The molecule has 1 saturated heterocycles. The van der Waals surface area contributed by atoms with E-state index in [9.17, 15) is 4.79 Å². The zero-order valence-corrected chi connectivity index (χ0v) is 14.6. The van der Waals surface area contributed by atoms with E-state index in [4.69, 9.17) is 4.42 Å². The van der Waals surface area contributed by atoms with Gasteiger partial charge in [-0.05, 0) is 32.1 Å². The summed E-state index contributed by atoms with van der Waals surface area (Å²) in [6.07, 6.45) is 4.85. The van der Waals surface area contributed by atoms with Crippen molar-refractivity contribution in [1.29, 1.82) is 0 Å². The molecule has 0 aliphatic carbocycles. The lowest BCUT2D eigenvalue weighted by atomic mass is 10.2. The molecule has 0 unspecified atom stereocenters. The molecule has 1 aliphatic rings. The molecular weight excluding hydrogens is 318 g/mol. The van der Waals surface area contributed by atoms with E-state index in [1.54, 1.807) is 24.5 Å². The Kier molecular flexibility index (Phi) is 5.33. The smallest absolute Gasteiger partial charge is 0.246 e.